The minimum atomic E-state index is 0.165. The Morgan fingerprint density at radius 2 is 1.18 bits per heavy atom. The van der Waals surface area contributed by atoms with Crippen LogP contribution >= 0.6 is 0 Å². The van der Waals surface area contributed by atoms with Gasteiger partial charge in [-0.05, 0) is 72.2 Å². The van der Waals surface area contributed by atoms with E-state index in [0.717, 1.165) is 28.2 Å². The molecule has 2 aromatic heterocycles. The number of imidazole rings is 1. The number of phenolic OH excluding ortho intramolecular Hbond substituents is 1. The van der Waals surface area contributed by atoms with Crippen LogP contribution in [-0.4, -0.2) is 19.6 Å². The van der Waals surface area contributed by atoms with Gasteiger partial charge in [0.2, 0.25) is 0 Å². The molecule has 0 aliphatic heterocycles. The summed E-state index contributed by atoms with van der Waals surface area (Å²) in [7, 11) is 0. The summed E-state index contributed by atoms with van der Waals surface area (Å²) in [6.07, 6.45) is 1.96. The van der Waals surface area contributed by atoms with Gasteiger partial charge in [-0.15, -0.1) is 0 Å². The molecule has 0 atom stereocenters. The first-order chi connectivity index (χ1) is 21.3. The highest BCUT2D eigenvalue weighted by atomic mass is 16.3. The number of rotatable bonds is 7. The summed E-state index contributed by atoms with van der Waals surface area (Å²) in [5, 5.41) is 12.0. The topological polar surface area (TPSA) is 50.9 Å². The normalized spacial score (nSPS) is 11.5. The lowest BCUT2D eigenvalue weighted by molar-refractivity contribution is 0.478. The Kier molecular flexibility index (Phi) is 7.92. The maximum absolute atomic E-state index is 12.0. The SMILES string of the molecule is Cc1cccc(C)c1-c1cnc(-c2cccc(-c3cccc(-c4ccccc4)n3)c2O)n1-c1c(C(C)C)cccc1C(C)C. The summed E-state index contributed by atoms with van der Waals surface area (Å²) >= 11 is 0. The first-order valence-electron chi connectivity index (χ1n) is 15.4. The van der Waals surface area contributed by atoms with E-state index >= 15 is 0 Å². The average Bonchev–Trinajstić information content (AvgIpc) is 3.45. The lowest BCUT2D eigenvalue weighted by Crippen LogP contribution is -2.10. The van der Waals surface area contributed by atoms with Crippen molar-refractivity contribution < 1.29 is 5.11 Å². The van der Waals surface area contributed by atoms with Crippen LogP contribution in [0.3, 0.4) is 0 Å². The maximum atomic E-state index is 12.0. The molecule has 0 aliphatic carbocycles. The molecular formula is C40H39N3O. The van der Waals surface area contributed by atoms with Gasteiger partial charge in [0.05, 0.1) is 34.5 Å². The second-order valence-electron chi connectivity index (χ2n) is 12.1. The zero-order valence-corrected chi connectivity index (χ0v) is 26.3. The molecule has 4 aromatic carbocycles. The Morgan fingerprint density at radius 3 is 1.84 bits per heavy atom. The van der Waals surface area contributed by atoms with Crippen molar-refractivity contribution in [2.24, 2.45) is 0 Å². The van der Waals surface area contributed by atoms with Gasteiger partial charge in [-0.25, -0.2) is 9.97 Å². The molecule has 0 spiro atoms. The van der Waals surface area contributed by atoms with E-state index in [2.05, 4.69) is 82.5 Å². The zero-order valence-electron chi connectivity index (χ0n) is 26.3. The van der Waals surface area contributed by atoms with Crippen LogP contribution in [0.15, 0.2) is 109 Å². The standard InChI is InChI=1S/C40H39N3O/c1-25(2)30-18-11-19-31(26(3)4)38(30)43-36(37-27(5)14-10-15-28(37)6)24-41-40(43)33-21-12-20-32(39(33)44)35-23-13-22-34(42-35)29-16-8-7-9-17-29/h7-26,44H,1-6H3. The van der Waals surface area contributed by atoms with Gasteiger partial charge in [0.1, 0.15) is 11.6 Å². The van der Waals surface area contributed by atoms with Gasteiger partial charge in [0.25, 0.3) is 0 Å². The first-order valence-corrected chi connectivity index (χ1v) is 15.4. The number of hydrogen-bond acceptors (Lipinski definition) is 3. The van der Waals surface area contributed by atoms with Crippen molar-refractivity contribution in [2.75, 3.05) is 0 Å². The third-order valence-corrected chi connectivity index (χ3v) is 8.44. The number of phenols is 1. The summed E-state index contributed by atoms with van der Waals surface area (Å²) in [6, 6.07) is 34.9. The predicted octanol–water partition coefficient (Wildman–Crippen LogP) is 10.5. The van der Waals surface area contributed by atoms with Crippen molar-refractivity contribution in [1.82, 2.24) is 14.5 Å². The molecule has 44 heavy (non-hydrogen) atoms. The Labute approximate surface area is 260 Å². The van der Waals surface area contributed by atoms with Gasteiger partial charge >= 0.3 is 0 Å². The number of nitrogens with zero attached hydrogens (tertiary/aromatic N) is 3. The van der Waals surface area contributed by atoms with E-state index in [1.54, 1.807) is 0 Å². The molecule has 0 radical (unpaired) electrons. The predicted molar refractivity (Wildman–Crippen MR) is 182 cm³/mol. The number of para-hydroxylation sites is 2. The van der Waals surface area contributed by atoms with Gasteiger partial charge in [-0.2, -0.15) is 0 Å². The summed E-state index contributed by atoms with van der Waals surface area (Å²) in [4.78, 5) is 10.0. The van der Waals surface area contributed by atoms with Gasteiger partial charge in [-0.3, -0.25) is 4.57 Å². The lowest BCUT2D eigenvalue weighted by Gasteiger charge is -2.25. The molecule has 0 amide bonds. The molecular weight excluding hydrogens is 538 g/mol. The average molecular weight is 578 g/mol. The van der Waals surface area contributed by atoms with E-state index in [0.29, 0.717) is 22.6 Å². The summed E-state index contributed by atoms with van der Waals surface area (Å²) in [5.41, 5.74) is 12.1. The number of hydrogen-bond donors (Lipinski definition) is 1. The lowest BCUT2D eigenvalue weighted by atomic mass is 9.91. The minimum absolute atomic E-state index is 0.165. The van der Waals surface area contributed by atoms with Crippen molar-refractivity contribution in [2.45, 2.75) is 53.4 Å². The maximum Gasteiger partial charge on any atom is 0.148 e. The molecule has 0 aliphatic rings. The largest absolute Gasteiger partial charge is 0.506 e. The molecule has 2 heterocycles. The van der Waals surface area contributed by atoms with Crippen molar-refractivity contribution >= 4 is 0 Å². The fraction of sp³-hybridized carbons (Fsp3) is 0.200. The number of benzene rings is 4. The highest BCUT2D eigenvalue weighted by Crippen LogP contribution is 2.43. The number of pyridine rings is 1. The van der Waals surface area contributed by atoms with E-state index in [4.69, 9.17) is 9.97 Å². The third-order valence-electron chi connectivity index (χ3n) is 8.44. The fourth-order valence-corrected chi connectivity index (χ4v) is 6.22. The first kappa shape index (κ1) is 29.1. The van der Waals surface area contributed by atoms with Crippen LogP contribution in [0.25, 0.3) is 50.8 Å². The van der Waals surface area contributed by atoms with Gasteiger partial charge in [0, 0.05) is 16.7 Å². The summed E-state index contributed by atoms with van der Waals surface area (Å²) in [6.45, 7) is 13.3. The second-order valence-corrected chi connectivity index (χ2v) is 12.1. The van der Waals surface area contributed by atoms with Crippen molar-refractivity contribution in [3.63, 3.8) is 0 Å². The van der Waals surface area contributed by atoms with Gasteiger partial charge < -0.3 is 5.11 Å². The highest BCUT2D eigenvalue weighted by molar-refractivity contribution is 5.82. The molecule has 0 bridgehead atoms. The Balaban J connectivity index is 1.63. The molecule has 0 fully saturated rings. The van der Waals surface area contributed by atoms with Crippen LogP contribution < -0.4 is 0 Å². The Hall–Kier alpha value is -4.96. The minimum Gasteiger partial charge on any atom is -0.506 e. The number of aryl methyl sites for hydroxylation is 2. The molecule has 4 nitrogen and oxygen atoms in total. The molecule has 220 valence electrons. The fourth-order valence-electron chi connectivity index (χ4n) is 6.22. The zero-order chi connectivity index (χ0) is 31.0. The van der Waals surface area contributed by atoms with Crippen molar-refractivity contribution in [1.29, 1.82) is 0 Å². The van der Waals surface area contributed by atoms with Crippen LogP contribution in [-0.2, 0) is 0 Å². The number of aromatic nitrogens is 3. The van der Waals surface area contributed by atoms with Crippen LogP contribution in [0.4, 0.5) is 0 Å². The second kappa shape index (κ2) is 12.0. The van der Waals surface area contributed by atoms with E-state index < -0.39 is 0 Å². The molecule has 0 unspecified atom stereocenters. The van der Waals surface area contributed by atoms with Gasteiger partial charge in [0.15, 0.2) is 0 Å². The van der Waals surface area contributed by atoms with E-state index in [-0.39, 0.29) is 17.6 Å². The van der Waals surface area contributed by atoms with E-state index in [9.17, 15) is 5.11 Å². The Morgan fingerprint density at radius 1 is 0.614 bits per heavy atom. The van der Waals surface area contributed by atoms with E-state index in [1.807, 2.05) is 72.9 Å². The smallest absolute Gasteiger partial charge is 0.148 e. The van der Waals surface area contributed by atoms with Crippen LogP contribution in [0.5, 0.6) is 5.75 Å². The van der Waals surface area contributed by atoms with Crippen LogP contribution in [0, 0.1) is 13.8 Å². The highest BCUT2D eigenvalue weighted by Gasteiger charge is 2.26. The Bertz CT molecular complexity index is 1900. The molecule has 1 N–H and O–H groups in total. The molecule has 6 rings (SSSR count). The van der Waals surface area contributed by atoms with Gasteiger partial charge in [-0.1, -0.05) is 107 Å². The molecule has 4 heteroatoms. The molecule has 6 aromatic rings. The monoisotopic (exact) mass is 577 g/mol. The third kappa shape index (κ3) is 5.22. The summed E-state index contributed by atoms with van der Waals surface area (Å²) < 4.78 is 2.28. The van der Waals surface area contributed by atoms with Crippen LogP contribution in [0.2, 0.25) is 0 Å². The summed E-state index contributed by atoms with van der Waals surface area (Å²) in [5.74, 6) is 1.44. The van der Waals surface area contributed by atoms with Crippen molar-refractivity contribution in [3.05, 3.63) is 132 Å². The van der Waals surface area contributed by atoms with E-state index in [1.165, 1.54) is 22.3 Å². The quantitative estimate of drug-likeness (QED) is 0.205. The molecule has 0 saturated heterocycles. The molecule has 0 saturated carbocycles. The number of aromatic hydroxyl groups is 1. The van der Waals surface area contributed by atoms with Crippen molar-refractivity contribution in [3.8, 4) is 56.6 Å². The van der Waals surface area contributed by atoms with Crippen LogP contribution in [0.1, 0.15) is 61.8 Å².